The maximum atomic E-state index is 12.4. The summed E-state index contributed by atoms with van der Waals surface area (Å²) in [6, 6.07) is 1.83. The molecule has 1 unspecified atom stereocenters. The van der Waals surface area contributed by atoms with E-state index in [1.54, 1.807) is 13.1 Å². The molecular formula is C19H26N4O3. The van der Waals surface area contributed by atoms with Gasteiger partial charge in [-0.05, 0) is 56.8 Å². The van der Waals surface area contributed by atoms with Crippen LogP contribution in [0.2, 0.25) is 0 Å². The number of amides is 1. The molecule has 1 atom stereocenters. The van der Waals surface area contributed by atoms with E-state index in [-0.39, 0.29) is 17.4 Å². The summed E-state index contributed by atoms with van der Waals surface area (Å²) in [5, 5.41) is 10.3. The smallest absolute Gasteiger partial charge is 0.349 e. The molecule has 26 heavy (non-hydrogen) atoms. The van der Waals surface area contributed by atoms with Crippen molar-refractivity contribution in [3.63, 3.8) is 0 Å². The summed E-state index contributed by atoms with van der Waals surface area (Å²) in [6.45, 7) is 6.78. The first-order valence-corrected chi connectivity index (χ1v) is 9.17. The predicted molar refractivity (Wildman–Crippen MR) is 98.5 cm³/mol. The third-order valence-electron chi connectivity index (χ3n) is 4.71. The van der Waals surface area contributed by atoms with Crippen molar-refractivity contribution in [1.29, 1.82) is 0 Å². The van der Waals surface area contributed by atoms with Gasteiger partial charge in [0.05, 0.1) is 6.20 Å². The van der Waals surface area contributed by atoms with Gasteiger partial charge >= 0.3 is 5.63 Å². The number of rotatable bonds is 6. The van der Waals surface area contributed by atoms with Crippen molar-refractivity contribution in [3.05, 3.63) is 51.3 Å². The van der Waals surface area contributed by atoms with Crippen molar-refractivity contribution in [3.8, 4) is 0 Å². The van der Waals surface area contributed by atoms with Gasteiger partial charge in [0.25, 0.3) is 5.91 Å². The number of carbonyl (C=O) groups is 1. The lowest BCUT2D eigenvalue weighted by atomic mass is 9.95. The van der Waals surface area contributed by atoms with Crippen LogP contribution in [0.1, 0.15) is 52.4 Å². The summed E-state index contributed by atoms with van der Waals surface area (Å²) in [5.41, 5.74) is 1.33. The van der Waals surface area contributed by atoms with Gasteiger partial charge < -0.3 is 15.1 Å². The average Bonchev–Trinajstić information content (AvgIpc) is 3.04. The molecule has 140 valence electrons. The van der Waals surface area contributed by atoms with Gasteiger partial charge in [0.2, 0.25) is 0 Å². The van der Waals surface area contributed by atoms with E-state index < -0.39 is 5.63 Å². The largest absolute Gasteiger partial charge is 0.427 e. The summed E-state index contributed by atoms with van der Waals surface area (Å²) < 4.78 is 7.30. The molecular weight excluding hydrogens is 332 g/mol. The Hall–Kier alpha value is -2.41. The topological polar surface area (TPSA) is 89.2 Å². The lowest BCUT2D eigenvalue weighted by molar-refractivity contribution is 0.0947. The molecule has 2 N–H and O–H groups in total. The molecule has 0 radical (unpaired) electrons. The van der Waals surface area contributed by atoms with Crippen LogP contribution in [-0.4, -0.2) is 35.3 Å². The number of piperidine rings is 1. The molecule has 0 aromatic carbocycles. The van der Waals surface area contributed by atoms with Crippen LogP contribution in [0.3, 0.4) is 0 Å². The molecule has 2 aromatic heterocycles. The Labute approximate surface area is 152 Å². The predicted octanol–water partition coefficient (Wildman–Crippen LogP) is 1.74. The molecule has 7 heteroatoms. The van der Waals surface area contributed by atoms with Crippen molar-refractivity contribution < 1.29 is 9.21 Å². The minimum Gasteiger partial charge on any atom is -0.427 e. The van der Waals surface area contributed by atoms with Crippen molar-refractivity contribution in [1.82, 2.24) is 20.4 Å². The molecule has 2 aromatic rings. The fourth-order valence-corrected chi connectivity index (χ4v) is 3.32. The Morgan fingerprint density at radius 1 is 1.46 bits per heavy atom. The van der Waals surface area contributed by atoms with Gasteiger partial charge in [-0.2, -0.15) is 5.10 Å². The van der Waals surface area contributed by atoms with E-state index in [0.29, 0.717) is 17.9 Å². The molecule has 7 nitrogen and oxygen atoms in total. The van der Waals surface area contributed by atoms with Crippen LogP contribution in [0.15, 0.2) is 27.7 Å². The molecule has 3 rings (SSSR count). The maximum absolute atomic E-state index is 12.4. The van der Waals surface area contributed by atoms with Gasteiger partial charge in [0.15, 0.2) is 0 Å². The maximum Gasteiger partial charge on any atom is 0.349 e. The van der Waals surface area contributed by atoms with E-state index in [1.165, 1.54) is 0 Å². The van der Waals surface area contributed by atoms with Gasteiger partial charge in [-0.1, -0.05) is 0 Å². The first-order valence-electron chi connectivity index (χ1n) is 9.17. The number of aromatic nitrogens is 2. The molecule has 1 amide bonds. The van der Waals surface area contributed by atoms with Gasteiger partial charge in [0.1, 0.15) is 11.3 Å². The number of hydrogen-bond donors (Lipinski definition) is 2. The highest BCUT2D eigenvalue weighted by atomic mass is 16.4. The van der Waals surface area contributed by atoms with E-state index in [9.17, 15) is 9.59 Å². The number of nitrogens with one attached hydrogen (secondary N) is 2. The molecule has 1 fully saturated rings. The van der Waals surface area contributed by atoms with Crippen molar-refractivity contribution in [2.75, 3.05) is 19.6 Å². The van der Waals surface area contributed by atoms with Crippen molar-refractivity contribution in [2.45, 2.75) is 45.6 Å². The van der Waals surface area contributed by atoms with Crippen molar-refractivity contribution in [2.24, 2.45) is 0 Å². The third kappa shape index (κ3) is 4.40. The van der Waals surface area contributed by atoms with Crippen LogP contribution in [0, 0.1) is 13.8 Å². The number of hydrogen-bond acceptors (Lipinski definition) is 5. The minimum atomic E-state index is -0.550. The van der Waals surface area contributed by atoms with Crippen LogP contribution in [0.25, 0.3) is 0 Å². The number of aryl methyl sites for hydroxylation is 3. The van der Waals surface area contributed by atoms with Crippen LogP contribution >= 0.6 is 0 Å². The monoisotopic (exact) mass is 358 g/mol. The summed E-state index contributed by atoms with van der Waals surface area (Å²) in [5.74, 6) is 0.497. The fourth-order valence-electron chi connectivity index (χ4n) is 3.32. The Bertz CT molecular complexity index is 818. The summed E-state index contributed by atoms with van der Waals surface area (Å²) in [4.78, 5) is 24.7. The quantitative estimate of drug-likeness (QED) is 0.768. The Kier molecular flexibility index (Phi) is 5.88. The first-order chi connectivity index (χ1) is 12.5. The Morgan fingerprint density at radius 2 is 2.31 bits per heavy atom. The second-order valence-corrected chi connectivity index (χ2v) is 6.93. The van der Waals surface area contributed by atoms with E-state index in [1.807, 2.05) is 23.9 Å². The van der Waals surface area contributed by atoms with Gasteiger partial charge in [-0.15, -0.1) is 0 Å². The molecule has 3 heterocycles. The summed E-state index contributed by atoms with van der Waals surface area (Å²) >= 11 is 0. The van der Waals surface area contributed by atoms with E-state index in [4.69, 9.17) is 4.42 Å². The van der Waals surface area contributed by atoms with Crippen LogP contribution in [0.5, 0.6) is 0 Å². The lowest BCUT2D eigenvalue weighted by Gasteiger charge is -2.22. The Balaban J connectivity index is 1.59. The lowest BCUT2D eigenvalue weighted by Crippen LogP contribution is -2.32. The SMILES string of the molecule is Cc1cnn(CCCNC(=O)c2c(C)cc(C3CCCNC3)oc2=O)c1. The van der Waals surface area contributed by atoms with Gasteiger partial charge in [0, 0.05) is 31.7 Å². The zero-order valence-electron chi connectivity index (χ0n) is 15.4. The number of nitrogens with zero attached hydrogens (tertiary/aromatic N) is 2. The average molecular weight is 358 g/mol. The number of carbonyl (C=O) groups excluding carboxylic acids is 1. The zero-order valence-corrected chi connectivity index (χ0v) is 15.4. The van der Waals surface area contributed by atoms with E-state index in [0.717, 1.165) is 44.5 Å². The van der Waals surface area contributed by atoms with Crippen LogP contribution in [-0.2, 0) is 6.54 Å². The highest BCUT2D eigenvalue weighted by Gasteiger charge is 2.22. The standard InChI is InChI=1S/C19H26N4O3/c1-13-10-22-23(12-13)8-4-7-21-18(24)17-14(2)9-16(26-19(17)25)15-5-3-6-20-11-15/h9-10,12,15,20H,3-8,11H2,1-2H3,(H,21,24). The summed E-state index contributed by atoms with van der Waals surface area (Å²) in [6.07, 6.45) is 6.55. The molecule has 1 aliphatic rings. The zero-order chi connectivity index (χ0) is 18.5. The van der Waals surface area contributed by atoms with E-state index >= 15 is 0 Å². The second-order valence-electron chi connectivity index (χ2n) is 6.93. The molecule has 0 aliphatic carbocycles. The van der Waals surface area contributed by atoms with Gasteiger partial charge in [-0.25, -0.2) is 4.79 Å². The van der Waals surface area contributed by atoms with Crippen LogP contribution < -0.4 is 16.3 Å². The second kappa shape index (κ2) is 8.31. The Morgan fingerprint density at radius 3 is 2.96 bits per heavy atom. The molecule has 1 aliphatic heterocycles. The summed E-state index contributed by atoms with van der Waals surface area (Å²) in [7, 11) is 0. The van der Waals surface area contributed by atoms with Crippen molar-refractivity contribution >= 4 is 5.91 Å². The normalized spacial score (nSPS) is 17.2. The molecule has 1 saturated heterocycles. The molecule has 0 spiro atoms. The minimum absolute atomic E-state index is 0.104. The molecule has 0 saturated carbocycles. The highest BCUT2D eigenvalue weighted by molar-refractivity contribution is 5.95. The van der Waals surface area contributed by atoms with E-state index in [2.05, 4.69) is 15.7 Å². The van der Waals surface area contributed by atoms with Crippen LogP contribution in [0.4, 0.5) is 0 Å². The van der Waals surface area contributed by atoms with Gasteiger partial charge in [-0.3, -0.25) is 9.48 Å². The highest BCUT2D eigenvalue weighted by Crippen LogP contribution is 2.23. The first kappa shape index (κ1) is 18.4. The molecule has 0 bridgehead atoms. The third-order valence-corrected chi connectivity index (χ3v) is 4.71. The fraction of sp³-hybridized carbons (Fsp3) is 0.526.